The second-order valence-corrected chi connectivity index (χ2v) is 36.4. The quantitative estimate of drug-likeness (QED) is 0.158. The molecule has 0 radical (unpaired) electrons. The zero-order valence-corrected chi connectivity index (χ0v) is 37.8. The average molecular weight is 1000 g/mol. The molecule has 4 aliphatic carbocycles. The maximum Gasteiger partial charge on any atom is -0.0253 e. The minimum atomic E-state index is 0. The third-order valence-corrected chi connectivity index (χ3v) is 6.40. The second-order valence-electron chi connectivity index (χ2n) is 10.8. The molecule has 0 aliphatic heterocycles. The minimum absolute atomic E-state index is 0. The Kier molecular flexibility index (Phi) is 22.9. The Morgan fingerprint density at radius 1 is 0.522 bits per heavy atom. The van der Waals surface area contributed by atoms with E-state index in [4.69, 9.17) is 0 Å². The van der Waals surface area contributed by atoms with Gasteiger partial charge >= 0.3 is 83.2 Å². The fraction of sp³-hybridized carbons (Fsp3) is 0.200. The number of rotatable bonds is 0. The fourth-order valence-electron chi connectivity index (χ4n) is 4.68. The molecule has 0 spiro atoms. The Morgan fingerprint density at radius 3 is 1.17 bits per heavy atom. The first-order valence-corrected chi connectivity index (χ1v) is 30.8. The van der Waals surface area contributed by atoms with E-state index in [0.717, 1.165) is 25.7 Å². The first-order chi connectivity index (χ1) is 21.4. The van der Waals surface area contributed by atoms with E-state index in [-0.39, 0.29) is 35.8 Å². The summed E-state index contributed by atoms with van der Waals surface area (Å²) in [4.78, 5) is 0. The van der Waals surface area contributed by atoms with Gasteiger partial charge in [0.1, 0.15) is 0 Å². The number of benzene rings is 4. The summed E-state index contributed by atoms with van der Waals surface area (Å²) in [5.41, 5.74) is 11.5. The van der Waals surface area contributed by atoms with Gasteiger partial charge in [-0.15, -0.1) is 24.0 Å². The predicted molar refractivity (Wildman–Crippen MR) is 185 cm³/mol. The number of allylic oxidation sites excluding steroid dienone is 8. The summed E-state index contributed by atoms with van der Waals surface area (Å²) in [5.74, 6) is 0. The van der Waals surface area contributed by atoms with E-state index in [9.17, 15) is 0 Å². The largest absolute Gasteiger partial charge is 1.00 e. The summed E-state index contributed by atoms with van der Waals surface area (Å²) >= 11 is 2.90. The van der Waals surface area contributed by atoms with Gasteiger partial charge in [-0.05, 0) is 12.8 Å². The molecule has 0 saturated carbocycles. The van der Waals surface area contributed by atoms with Gasteiger partial charge in [-0.25, -0.2) is 24.3 Å². The molecular weight excluding hydrogens is 964 g/mol. The van der Waals surface area contributed by atoms with Crippen molar-refractivity contribution in [2.24, 2.45) is 0 Å². The third-order valence-electron chi connectivity index (χ3n) is 6.40. The van der Waals surface area contributed by atoms with Crippen LogP contribution < -0.4 is 24.8 Å². The summed E-state index contributed by atoms with van der Waals surface area (Å²) in [5, 5.41) is 0. The molecule has 0 amide bonds. The number of hydrogen-bond donors (Lipinski definition) is 0. The van der Waals surface area contributed by atoms with E-state index >= 15 is 0 Å². The van der Waals surface area contributed by atoms with Crippen LogP contribution in [-0.4, -0.2) is 11.0 Å². The van der Waals surface area contributed by atoms with Crippen LogP contribution in [0, 0.1) is 24.3 Å². The molecule has 4 aliphatic rings. The Hall–Kier alpha value is -1.41. The first kappa shape index (κ1) is 42.6. The van der Waals surface area contributed by atoms with Gasteiger partial charge < -0.3 is 24.8 Å². The summed E-state index contributed by atoms with van der Waals surface area (Å²) in [6.45, 7) is 9.32. The monoisotopic (exact) mass is 1010 g/mol. The van der Waals surface area contributed by atoms with Crippen LogP contribution in [0.25, 0.3) is 22.3 Å². The maximum atomic E-state index is 3.30. The Balaban J connectivity index is 0.000000298. The van der Waals surface area contributed by atoms with Crippen LogP contribution in [0.1, 0.15) is 35.1 Å². The molecule has 8 rings (SSSR count). The Bertz CT molecular complexity index is 1420. The molecular formula is C40H40Cl2Hf2Si2-2. The molecule has 0 atom stereocenters. The van der Waals surface area contributed by atoms with Crippen LogP contribution in [0.15, 0.2) is 121 Å². The van der Waals surface area contributed by atoms with E-state index in [0.29, 0.717) is 0 Å². The van der Waals surface area contributed by atoms with Crippen molar-refractivity contribution in [2.75, 3.05) is 0 Å². The van der Waals surface area contributed by atoms with Crippen molar-refractivity contribution >= 4 is 11.0 Å². The molecule has 0 bridgehead atoms. The smallest absolute Gasteiger partial charge is 0.0253 e. The van der Waals surface area contributed by atoms with Crippen LogP contribution in [0.3, 0.4) is 0 Å². The van der Waals surface area contributed by atoms with Crippen molar-refractivity contribution in [2.45, 2.75) is 51.9 Å². The fourth-order valence-corrected chi connectivity index (χ4v) is 4.68. The van der Waals surface area contributed by atoms with E-state index in [1.165, 1.54) is 90.5 Å². The number of fused-ring (bicyclic) bond motifs is 6. The molecule has 46 heavy (non-hydrogen) atoms. The van der Waals surface area contributed by atoms with Gasteiger partial charge in [0.05, 0.1) is 0 Å². The van der Waals surface area contributed by atoms with Gasteiger partial charge in [-0.3, -0.25) is 12.2 Å². The van der Waals surface area contributed by atoms with Crippen molar-refractivity contribution in [3.05, 3.63) is 168 Å². The standard InChI is InChI=1S/2C13H9.2C5H5.2C2H6Si.2ClH.2Hf/c2*1-3-7-12-10(5-1)9-11-6-2-4-8-13(11)12;2*1-2-4-5-3-1;2*1-3-2;;;;/h2*1-5,7-8H,9H2;2*1-3H,4H2;2*1-2H3;2*1H;;/q4*-1;;;;;2*+2/p-2. The van der Waals surface area contributed by atoms with Gasteiger partial charge in [0, 0.05) is 0 Å². The molecule has 0 heterocycles. The van der Waals surface area contributed by atoms with Crippen LogP contribution in [-0.2, 0) is 58.8 Å². The summed E-state index contributed by atoms with van der Waals surface area (Å²) in [6, 6.07) is 36.2. The normalized spacial score (nSPS) is 12.0. The van der Waals surface area contributed by atoms with Crippen LogP contribution in [0.4, 0.5) is 0 Å². The van der Waals surface area contributed by atoms with Gasteiger partial charge in [0.15, 0.2) is 0 Å². The Labute approximate surface area is 320 Å². The average Bonchev–Trinajstić information content (AvgIpc) is 3.85. The molecule has 0 nitrogen and oxygen atoms in total. The molecule has 0 unspecified atom stereocenters. The summed E-state index contributed by atoms with van der Waals surface area (Å²) in [6.07, 6.45) is 22.1. The van der Waals surface area contributed by atoms with Crippen molar-refractivity contribution in [1.82, 2.24) is 0 Å². The van der Waals surface area contributed by atoms with E-state index < -0.39 is 0 Å². The molecule has 0 aromatic heterocycles. The van der Waals surface area contributed by atoms with Crippen LogP contribution in [0.5, 0.6) is 0 Å². The van der Waals surface area contributed by atoms with E-state index in [2.05, 4.69) is 135 Å². The topological polar surface area (TPSA) is 0 Å². The van der Waals surface area contributed by atoms with Gasteiger partial charge in [-0.1, -0.05) is 70.8 Å². The molecule has 0 saturated heterocycles. The molecule has 4 aromatic carbocycles. The number of halogens is 2. The number of hydrogen-bond acceptors (Lipinski definition) is 0. The van der Waals surface area contributed by atoms with Crippen molar-refractivity contribution < 1.29 is 70.8 Å². The minimum Gasteiger partial charge on any atom is -1.00 e. The van der Waals surface area contributed by atoms with Gasteiger partial charge in [-0.2, -0.15) is 71.8 Å². The third kappa shape index (κ3) is 15.7. The SMILES string of the molecule is C[Si](C)=[Hf+2].C[Si](C)=[Hf+2].[C-]1=CC=CC1.[C-]1=CC=CC1.[Cl-].[Cl-].[c-]1cccc2c1Cc1ccccc1-2.[c-]1cccc2c1Cc1ccccc1-2. The molecule has 0 N–H and O–H groups in total. The van der Waals surface area contributed by atoms with Crippen LogP contribution >= 0.6 is 0 Å². The molecule has 4 aromatic rings. The zero-order chi connectivity index (χ0) is 31.6. The zero-order valence-electron chi connectivity index (χ0n) is 27.1. The predicted octanol–water partition coefficient (Wildman–Crippen LogP) is 4.30. The van der Waals surface area contributed by atoms with Crippen molar-refractivity contribution in [3.8, 4) is 22.3 Å². The second kappa shape index (κ2) is 24.7. The van der Waals surface area contributed by atoms with Crippen molar-refractivity contribution in [3.63, 3.8) is 0 Å². The van der Waals surface area contributed by atoms with Gasteiger partial charge in [0.25, 0.3) is 0 Å². The van der Waals surface area contributed by atoms with Gasteiger partial charge in [0.2, 0.25) is 0 Å². The van der Waals surface area contributed by atoms with E-state index in [1.54, 1.807) is 0 Å². The maximum absolute atomic E-state index is 3.30. The molecule has 6 heteroatoms. The molecule has 0 fully saturated rings. The van der Waals surface area contributed by atoms with Crippen molar-refractivity contribution in [1.29, 1.82) is 0 Å². The summed E-state index contributed by atoms with van der Waals surface area (Å²) in [7, 11) is 0. The first-order valence-electron chi connectivity index (χ1n) is 15.0. The summed E-state index contributed by atoms with van der Waals surface area (Å²) < 4.78 is 0. The Morgan fingerprint density at radius 2 is 0.870 bits per heavy atom. The van der Waals surface area contributed by atoms with Crippen LogP contribution in [0.2, 0.25) is 26.2 Å². The van der Waals surface area contributed by atoms with E-state index in [1.807, 2.05) is 36.4 Å². The molecule has 232 valence electrons.